The van der Waals surface area contributed by atoms with Crippen molar-refractivity contribution in [3.05, 3.63) is 35.9 Å². The van der Waals surface area contributed by atoms with Crippen LogP contribution in [0.2, 0.25) is 0 Å². The lowest BCUT2D eigenvalue weighted by molar-refractivity contribution is 0.0695. The molecule has 1 atom stereocenters. The second-order valence-electron chi connectivity index (χ2n) is 7.33. The van der Waals surface area contributed by atoms with Gasteiger partial charge in [0.2, 0.25) is 24.5 Å². The molecular weight excluding hydrogens is 390 g/mol. The number of nitrogens with zero attached hydrogens (tertiary/aromatic N) is 5. The van der Waals surface area contributed by atoms with E-state index in [0.29, 0.717) is 47.8 Å². The molecule has 0 unspecified atom stereocenters. The molecule has 3 aromatic rings. The fraction of sp³-hybridized carbons (Fsp3) is 0.400. The fourth-order valence-corrected chi connectivity index (χ4v) is 3.84. The number of carbonyl (C=O) groups is 1. The molecule has 0 aliphatic carbocycles. The van der Waals surface area contributed by atoms with E-state index in [1.807, 2.05) is 18.2 Å². The first-order valence-electron chi connectivity index (χ1n) is 9.72. The van der Waals surface area contributed by atoms with E-state index in [2.05, 4.69) is 15.3 Å². The van der Waals surface area contributed by atoms with Crippen LogP contribution in [0.4, 0.5) is 0 Å². The van der Waals surface area contributed by atoms with Crippen LogP contribution in [0.1, 0.15) is 35.0 Å². The van der Waals surface area contributed by atoms with Crippen molar-refractivity contribution in [1.29, 1.82) is 0 Å². The van der Waals surface area contributed by atoms with Crippen molar-refractivity contribution in [2.75, 3.05) is 27.0 Å². The van der Waals surface area contributed by atoms with Crippen LogP contribution >= 0.6 is 0 Å². The number of aryl methyl sites for hydroxylation is 1. The second kappa shape index (κ2) is 7.36. The van der Waals surface area contributed by atoms with Crippen molar-refractivity contribution in [2.24, 2.45) is 7.05 Å². The summed E-state index contributed by atoms with van der Waals surface area (Å²) in [7, 11) is 3.27. The van der Waals surface area contributed by atoms with Gasteiger partial charge in [-0.25, -0.2) is 0 Å². The molecule has 4 heterocycles. The van der Waals surface area contributed by atoms with Crippen molar-refractivity contribution in [3.63, 3.8) is 0 Å². The number of hydrogen-bond acceptors (Lipinski definition) is 8. The van der Waals surface area contributed by atoms with Crippen molar-refractivity contribution >= 4 is 5.91 Å². The molecule has 1 amide bonds. The first-order chi connectivity index (χ1) is 14.6. The van der Waals surface area contributed by atoms with Crippen molar-refractivity contribution in [1.82, 2.24) is 24.9 Å². The largest absolute Gasteiger partial charge is 0.479 e. The first-order valence-corrected chi connectivity index (χ1v) is 9.72. The quantitative estimate of drug-likeness (QED) is 0.644. The molecule has 156 valence electrons. The monoisotopic (exact) mass is 411 g/mol. The van der Waals surface area contributed by atoms with Gasteiger partial charge in [-0.1, -0.05) is 0 Å². The Hall–Kier alpha value is -3.56. The van der Waals surface area contributed by atoms with E-state index in [-0.39, 0.29) is 18.6 Å². The van der Waals surface area contributed by atoms with Crippen molar-refractivity contribution < 1.29 is 23.4 Å². The first kappa shape index (κ1) is 18.5. The van der Waals surface area contributed by atoms with E-state index in [1.54, 1.807) is 22.8 Å². The highest BCUT2D eigenvalue weighted by Crippen LogP contribution is 2.36. The van der Waals surface area contributed by atoms with Gasteiger partial charge in [-0.15, -0.1) is 15.3 Å². The summed E-state index contributed by atoms with van der Waals surface area (Å²) in [6.07, 6.45) is 3.40. The molecule has 5 rings (SSSR count). The third-order valence-corrected chi connectivity index (χ3v) is 5.34. The molecule has 1 aromatic carbocycles. The van der Waals surface area contributed by atoms with Crippen LogP contribution in [-0.4, -0.2) is 57.8 Å². The number of aromatic nitrogens is 4. The molecule has 1 saturated heterocycles. The number of piperidine rings is 1. The Morgan fingerprint density at radius 1 is 1.23 bits per heavy atom. The molecule has 2 aromatic heterocycles. The minimum atomic E-state index is -0.111. The average Bonchev–Trinajstić information content (AvgIpc) is 3.51. The lowest BCUT2D eigenvalue weighted by atomic mass is 9.97. The Balaban J connectivity index is 1.33. The summed E-state index contributed by atoms with van der Waals surface area (Å²) in [5.41, 5.74) is 1.22. The van der Waals surface area contributed by atoms with Crippen molar-refractivity contribution in [3.8, 4) is 28.8 Å². The van der Waals surface area contributed by atoms with Gasteiger partial charge in [-0.05, 0) is 31.0 Å². The van der Waals surface area contributed by atoms with Gasteiger partial charge >= 0.3 is 0 Å². The van der Waals surface area contributed by atoms with E-state index < -0.39 is 0 Å². The Bertz CT molecular complexity index is 1090. The zero-order chi connectivity index (χ0) is 20.7. The smallest absolute Gasteiger partial charge is 0.260 e. The molecule has 10 heteroatoms. The third kappa shape index (κ3) is 3.23. The fourth-order valence-electron chi connectivity index (χ4n) is 3.84. The number of benzene rings is 1. The van der Waals surface area contributed by atoms with Crippen LogP contribution in [0.25, 0.3) is 11.5 Å². The number of methoxy groups -OCH3 is 1. The van der Waals surface area contributed by atoms with Gasteiger partial charge in [0.25, 0.3) is 5.91 Å². The molecule has 0 bridgehead atoms. The van der Waals surface area contributed by atoms with Gasteiger partial charge in [-0.3, -0.25) is 9.48 Å². The summed E-state index contributed by atoms with van der Waals surface area (Å²) in [4.78, 5) is 14.8. The number of rotatable bonds is 4. The van der Waals surface area contributed by atoms with E-state index in [4.69, 9.17) is 18.6 Å². The lowest BCUT2D eigenvalue weighted by Crippen LogP contribution is -2.39. The number of ether oxygens (including phenoxy) is 3. The Morgan fingerprint density at radius 2 is 2.10 bits per heavy atom. The third-order valence-electron chi connectivity index (χ3n) is 5.34. The number of carbonyl (C=O) groups excluding carboxylic acids is 1. The lowest BCUT2D eigenvalue weighted by Gasteiger charge is -2.30. The minimum Gasteiger partial charge on any atom is -0.479 e. The van der Waals surface area contributed by atoms with Crippen LogP contribution in [0.5, 0.6) is 17.4 Å². The van der Waals surface area contributed by atoms with Gasteiger partial charge in [0.15, 0.2) is 11.5 Å². The Labute approximate surface area is 172 Å². The summed E-state index contributed by atoms with van der Waals surface area (Å²) in [5.74, 6) is 2.49. The van der Waals surface area contributed by atoms with Crippen LogP contribution in [0, 0.1) is 0 Å². The maximum absolute atomic E-state index is 13.0. The molecule has 2 aliphatic rings. The number of amides is 1. The molecule has 0 N–H and O–H groups in total. The van der Waals surface area contributed by atoms with Gasteiger partial charge in [0, 0.05) is 31.9 Å². The second-order valence-corrected chi connectivity index (χ2v) is 7.33. The molecule has 2 aliphatic heterocycles. The highest BCUT2D eigenvalue weighted by atomic mass is 16.7. The number of likely N-dealkylation sites (tertiary alicyclic amines) is 1. The van der Waals surface area contributed by atoms with Gasteiger partial charge in [0.1, 0.15) is 5.56 Å². The van der Waals surface area contributed by atoms with Gasteiger partial charge < -0.3 is 23.5 Å². The summed E-state index contributed by atoms with van der Waals surface area (Å²) in [6.45, 7) is 1.37. The highest BCUT2D eigenvalue weighted by Gasteiger charge is 2.31. The predicted octanol–water partition coefficient (Wildman–Crippen LogP) is 2.23. The highest BCUT2D eigenvalue weighted by molar-refractivity contribution is 5.96. The molecular formula is C20H21N5O5. The van der Waals surface area contributed by atoms with Crippen LogP contribution < -0.4 is 14.2 Å². The normalized spacial score (nSPS) is 17.9. The van der Waals surface area contributed by atoms with E-state index >= 15 is 0 Å². The van der Waals surface area contributed by atoms with Crippen molar-refractivity contribution in [2.45, 2.75) is 18.8 Å². The van der Waals surface area contributed by atoms with E-state index in [9.17, 15) is 4.79 Å². The summed E-state index contributed by atoms with van der Waals surface area (Å²) < 4.78 is 23.5. The zero-order valence-corrected chi connectivity index (χ0v) is 16.7. The molecule has 1 fully saturated rings. The molecule has 0 saturated carbocycles. The topological polar surface area (TPSA) is 105 Å². The number of hydrogen-bond donors (Lipinski definition) is 0. The summed E-state index contributed by atoms with van der Waals surface area (Å²) in [5, 5.41) is 12.6. The van der Waals surface area contributed by atoms with Crippen LogP contribution in [-0.2, 0) is 7.05 Å². The number of fused-ring (bicyclic) bond motifs is 1. The molecule has 10 nitrogen and oxygen atoms in total. The average molecular weight is 411 g/mol. The maximum Gasteiger partial charge on any atom is 0.260 e. The molecule has 0 spiro atoms. The van der Waals surface area contributed by atoms with Gasteiger partial charge in [0.05, 0.1) is 13.0 Å². The molecule has 30 heavy (non-hydrogen) atoms. The Kier molecular flexibility index (Phi) is 4.53. The van der Waals surface area contributed by atoms with Crippen LogP contribution in [0.15, 0.2) is 28.8 Å². The van der Waals surface area contributed by atoms with E-state index in [0.717, 1.165) is 18.4 Å². The summed E-state index contributed by atoms with van der Waals surface area (Å²) in [6, 6.07) is 5.50. The van der Waals surface area contributed by atoms with E-state index in [1.165, 1.54) is 7.11 Å². The standard InChI is InChI=1S/C20H21N5O5/c1-24-10-14(19(23-24)27-2)20(26)25-7-3-4-13(9-25)18-22-21-17(30-18)12-5-6-15-16(8-12)29-11-28-15/h5-6,8,10,13H,3-4,7,9,11H2,1-2H3/t13-/m1/s1. The zero-order valence-electron chi connectivity index (χ0n) is 16.7. The molecule has 0 radical (unpaired) electrons. The van der Waals surface area contributed by atoms with Crippen LogP contribution in [0.3, 0.4) is 0 Å². The summed E-state index contributed by atoms with van der Waals surface area (Å²) >= 11 is 0. The minimum absolute atomic E-state index is 0.0272. The predicted molar refractivity (Wildman–Crippen MR) is 103 cm³/mol. The Morgan fingerprint density at radius 3 is 2.97 bits per heavy atom. The SMILES string of the molecule is COc1nn(C)cc1C(=O)N1CCC[C@@H](c2nnc(-c3ccc4c(c3)OCO4)o2)C1. The van der Waals surface area contributed by atoms with Gasteiger partial charge in [-0.2, -0.15) is 0 Å². The maximum atomic E-state index is 13.0.